The largest absolute Gasteiger partial charge is 0.337 e. The van der Waals surface area contributed by atoms with Crippen molar-refractivity contribution in [2.45, 2.75) is 26.7 Å². The number of aromatic nitrogens is 2. The first kappa shape index (κ1) is 14.1. The third-order valence-corrected chi connectivity index (χ3v) is 4.16. The number of nitrogens with zero attached hydrogens (tertiary/aromatic N) is 3. The van der Waals surface area contributed by atoms with Crippen molar-refractivity contribution in [1.82, 2.24) is 19.6 Å². The molecule has 1 amide bonds. The molecule has 1 fully saturated rings. The lowest BCUT2D eigenvalue weighted by molar-refractivity contribution is 0.0766. The number of aryl methyl sites for hydroxylation is 2. The molecule has 112 valence electrons. The van der Waals surface area contributed by atoms with E-state index in [9.17, 15) is 4.79 Å². The molecule has 3 heterocycles. The highest BCUT2D eigenvalue weighted by Gasteiger charge is 2.18. The number of rotatable bonds is 2. The summed E-state index contributed by atoms with van der Waals surface area (Å²) in [5.74, 6) is 0.117. The molecule has 1 saturated heterocycles. The molecule has 1 aliphatic heterocycles. The van der Waals surface area contributed by atoms with Gasteiger partial charge in [-0.1, -0.05) is 6.92 Å². The van der Waals surface area contributed by atoms with Crippen molar-refractivity contribution < 1.29 is 4.79 Å². The summed E-state index contributed by atoms with van der Waals surface area (Å²) >= 11 is 0. The molecule has 2 aromatic heterocycles. The summed E-state index contributed by atoms with van der Waals surface area (Å²) in [4.78, 5) is 19.2. The Morgan fingerprint density at radius 3 is 3.00 bits per heavy atom. The Bertz CT molecular complexity index is 654. The van der Waals surface area contributed by atoms with Crippen LogP contribution in [0.15, 0.2) is 18.3 Å². The maximum absolute atomic E-state index is 12.6. The smallest absolute Gasteiger partial charge is 0.255 e. The molecular formula is C16H22N4O. The van der Waals surface area contributed by atoms with E-state index in [-0.39, 0.29) is 5.91 Å². The Morgan fingerprint density at radius 1 is 1.33 bits per heavy atom. The van der Waals surface area contributed by atoms with Gasteiger partial charge in [-0.25, -0.2) is 4.98 Å². The Balaban J connectivity index is 1.92. The van der Waals surface area contributed by atoms with Crippen molar-refractivity contribution in [3.05, 3.63) is 35.3 Å². The fraction of sp³-hybridized carbons (Fsp3) is 0.500. The molecule has 3 rings (SSSR count). The van der Waals surface area contributed by atoms with Crippen LogP contribution in [0.4, 0.5) is 0 Å². The molecule has 0 aromatic carbocycles. The van der Waals surface area contributed by atoms with Gasteiger partial charge in [-0.3, -0.25) is 4.79 Å². The van der Waals surface area contributed by atoms with Crippen LogP contribution in [0.5, 0.6) is 0 Å². The van der Waals surface area contributed by atoms with E-state index in [4.69, 9.17) is 0 Å². The molecule has 0 bridgehead atoms. The molecular weight excluding hydrogens is 264 g/mol. The van der Waals surface area contributed by atoms with Crippen LogP contribution in [0.2, 0.25) is 0 Å². The highest BCUT2D eigenvalue weighted by Crippen LogP contribution is 2.15. The third kappa shape index (κ3) is 2.65. The fourth-order valence-electron chi connectivity index (χ4n) is 2.90. The third-order valence-electron chi connectivity index (χ3n) is 4.16. The number of amides is 1. The van der Waals surface area contributed by atoms with Crippen molar-refractivity contribution in [3.63, 3.8) is 0 Å². The van der Waals surface area contributed by atoms with Gasteiger partial charge in [0.05, 0.1) is 11.3 Å². The average molecular weight is 286 g/mol. The Morgan fingerprint density at radius 2 is 2.19 bits per heavy atom. The second kappa shape index (κ2) is 5.85. The van der Waals surface area contributed by atoms with E-state index in [0.29, 0.717) is 0 Å². The summed E-state index contributed by atoms with van der Waals surface area (Å²) < 4.78 is 2.03. The van der Waals surface area contributed by atoms with E-state index in [2.05, 4.69) is 24.1 Å². The lowest BCUT2D eigenvalue weighted by Crippen LogP contribution is -2.34. The zero-order chi connectivity index (χ0) is 14.8. The van der Waals surface area contributed by atoms with Gasteiger partial charge in [0.15, 0.2) is 0 Å². The van der Waals surface area contributed by atoms with Crippen molar-refractivity contribution >= 4 is 11.6 Å². The molecule has 0 radical (unpaired) electrons. The minimum atomic E-state index is 0.117. The number of hydrogen-bond donors (Lipinski definition) is 1. The zero-order valence-corrected chi connectivity index (χ0v) is 12.7. The zero-order valence-electron chi connectivity index (χ0n) is 12.7. The molecule has 0 saturated carbocycles. The van der Waals surface area contributed by atoms with Gasteiger partial charge in [0, 0.05) is 31.5 Å². The van der Waals surface area contributed by atoms with Crippen LogP contribution in [-0.2, 0) is 6.42 Å². The van der Waals surface area contributed by atoms with E-state index in [0.717, 1.165) is 61.6 Å². The average Bonchev–Trinajstić information content (AvgIpc) is 2.71. The summed E-state index contributed by atoms with van der Waals surface area (Å²) in [6.45, 7) is 7.63. The lowest BCUT2D eigenvalue weighted by Gasteiger charge is -2.20. The number of nitrogens with one attached hydrogen (secondary N) is 1. The SMILES string of the molecule is CCc1nc2ccc(C(=O)N3CCCNCC3)cn2c1C. The second-order valence-corrected chi connectivity index (χ2v) is 5.54. The molecule has 1 aliphatic rings. The van der Waals surface area contributed by atoms with E-state index in [1.54, 1.807) is 0 Å². The first-order valence-electron chi connectivity index (χ1n) is 7.68. The van der Waals surface area contributed by atoms with Crippen molar-refractivity contribution in [1.29, 1.82) is 0 Å². The van der Waals surface area contributed by atoms with E-state index in [1.807, 2.05) is 27.6 Å². The maximum Gasteiger partial charge on any atom is 0.255 e. The highest BCUT2D eigenvalue weighted by molar-refractivity contribution is 5.94. The normalized spacial score (nSPS) is 16.2. The van der Waals surface area contributed by atoms with Gasteiger partial charge in [-0.2, -0.15) is 0 Å². The van der Waals surface area contributed by atoms with Crippen molar-refractivity contribution in [2.75, 3.05) is 26.2 Å². The van der Waals surface area contributed by atoms with E-state index < -0.39 is 0 Å². The van der Waals surface area contributed by atoms with Gasteiger partial charge in [-0.15, -0.1) is 0 Å². The molecule has 5 nitrogen and oxygen atoms in total. The molecule has 1 N–H and O–H groups in total. The summed E-state index contributed by atoms with van der Waals surface area (Å²) in [5, 5.41) is 3.32. The summed E-state index contributed by atoms with van der Waals surface area (Å²) in [6.07, 6.45) is 3.85. The molecule has 5 heteroatoms. The minimum absolute atomic E-state index is 0.117. The molecule has 21 heavy (non-hydrogen) atoms. The summed E-state index contributed by atoms with van der Waals surface area (Å²) in [7, 11) is 0. The van der Waals surface area contributed by atoms with Gasteiger partial charge in [0.1, 0.15) is 5.65 Å². The number of imidazole rings is 1. The van der Waals surface area contributed by atoms with E-state index in [1.165, 1.54) is 0 Å². The van der Waals surface area contributed by atoms with Gasteiger partial charge in [0.25, 0.3) is 5.91 Å². The molecule has 0 atom stereocenters. The van der Waals surface area contributed by atoms with Crippen molar-refractivity contribution in [2.24, 2.45) is 0 Å². The van der Waals surface area contributed by atoms with Crippen LogP contribution >= 0.6 is 0 Å². The minimum Gasteiger partial charge on any atom is -0.337 e. The number of pyridine rings is 1. The Labute approximate surface area is 125 Å². The van der Waals surface area contributed by atoms with Crippen molar-refractivity contribution in [3.8, 4) is 0 Å². The van der Waals surface area contributed by atoms with Gasteiger partial charge < -0.3 is 14.6 Å². The molecule has 0 spiro atoms. The van der Waals surface area contributed by atoms with E-state index >= 15 is 0 Å². The fourth-order valence-corrected chi connectivity index (χ4v) is 2.90. The first-order chi connectivity index (χ1) is 10.2. The molecule has 0 aliphatic carbocycles. The standard InChI is InChI=1S/C16H22N4O/c1-3-14-12(2)20-11-13(5-6-15(20)18-14)16(21)19-9-4-7-17-8-10-19/h5-6,11,17H,3-4,7-10H2,1-2H3. The van der Waals surface area contributed by atoms with Gasteiger partial charge >= 0.3 is 0 Å². The van der Waals surface area contributed by atoms with Crippen LogP contribution in [-0.4, -0.2) is 46.4 Å². The maximum atomic E-state index is 12.6. The van der Waals surface area contributed by atoms with Crippen LogP contribution in [0, 0.1) is 6.92 Å². The predicted molar refractivity (Wildman–Crippen MR) is 82.7 cm³/mol. The van der Waals surface area contributed by atoms with Crippen LogP contribution in [0.3, 0.4) is 0 Å². The van der Waals surface area contributed by atoms with Crippen LogP contribution in [0.25, 0.3) is 5.65 Å². The predicted octanol–water partition coefficient (Wildman–Crippen LogP) is 1.64. The quantitative estimate of drug-likeness (QED) is 0.913. The Hall–Kier alpha value is -1.88. The topological polar surface area (TPSA) is 49.6 Å². The number of hydrogen-bond acceptors (Lipinski definition) is 3. The first-order valence-corrected chi connectivity index (χ1v) is 7.68. The monoisotopic (exact) mass is 286 g/mol. The number of fused-ring (bicyclic) bond motifs is 1. The van der Waals surface area contributed by atoms with Crippen LogP contribution < -0.4 is 5.32 Å². The Kier molecular flexibility index (Phi) is 3.92. The lowest BCUT2D eigenvalue weighted by atomic mass is 10.2. The summed E-state index contributed by atoms with van der Waals surface area (Å²) in [6, 6.07) is 3.83. The number of carbonyl (C=O) groups excluding carboxylic acids is 1. The van der Waals surface area contributed by atoms with Gasteiger partial charge in [-0.05, 0) is 38.4 Å². The molecule has 0 unspecified atom stereocenters. The number of carbonyl (C=O) groups is 1. The molecule has 2 aromatic rings. The second-order valence-electron chi connectivity index (χ2n) is 5.54. The van der Waals surface area contributed by atoms with Gasteiger partial charge in [0.2, 0.25) is 0 Å². The summed E-state index contributed by atoms with van der Waals surface area (Å²) in [5.41, 5.74) is 3.88. The highest BCUT2D eigenvalue weighted by atomic mass is 16.2. The van der Waals surface area contributed by atoms with Crippen LogP contribution in [0.1, 0.15) is 35.1 Å².